The number of para-hydroxylation sites is 1. The van der Waals surface area contributed by atoms with Gasteiger partial charge in [0.25, 0.3) is 0 Å². The number of nitrogens with zero attached hydrogens (tertiary/aromatic N) is 2. The predicted octanol–water partition coefficient (Wildman–Crippen LogP) is 2.33. The molecule has 0 spiro atoms. The Balaban J connectivity index is 1.47. The van der Waals surface area contributed by atoms with Crippen molar-refractivity contribution in [2.24, 2.45) is 0 Å². The van der Waals surface area contributed by atoms with E-state index in [0.29, 0.717) is 25.5 Å². The third kappa shape index (κ3) is 5.07. The van der Waals surface area contributed by atoms with Gasteiger partial charge in [0, 0.05) is 25.6 Å². The summed E-state index contributed by atoms with van der Waals surface area (Å²) in [5.41, 5.74) is 1.03. The predicted molar refractivity (Wildman–Crippen MR) is 98.4 cm³/mol. The van der Waals surface area contributed by atoms with E-state index in [1.807, 2.05) is 24.3 Å². The summed E-state index contributed by atoms with van der Waals surface area (Å²) in [7, 11) is 1.65. The van der Waals surface area contributed by atoms with Gasteiger partial charge in [-0.1, -0.05) is 41.3 Å². The van der Waals surface area contributed by atoms with Crippen molar-refractivity contribution in [3.05, 3.63) is 29.8 Å². The monoisotopic (exact) mass is 380 g/mol. The molecular weight excluding hydrogens is 360 g/mol. The molecule has 1 aliphatic rings. The molecule has 1 aromatic carbocycles. The Morgan fingerprint density at radius 1 is 1.44 bits per heavy atom. The molecule has 7 nitrogen and oxygen atoms in total. The molecule has 2 heterocycles. The Bertz CT molecular complexity index is 710. The second-order valence-electron chi connectivity index (χ2n) is 5.38. The fourth-order valence-corrected chi connectivity index (χ4v) is 4.04. The van der Waals surface area contributed by atoms with Crippen LogP contribution in [0.15, 0.2) is 28.6 Å². The Labute approximate surface area is 154 Å². The van der Waals surface area contributed by atoms with E-state index in [9.17, 15) is 4.79 Å². The summed E-state index contributed by atoms with van der Waals surface area (Å²) < 4.78 is 11.4. The normalized spacial score (nSPS) is 16.0. The number of carbonyl (C=O) groups excluding carboxylic acids is 1. The van der Waals surface area contributed by atoms with E-state index in [-0.39, 0.29) is 11.9 Å². The second-order valence-corrected chi connectivity index (χ2v) is 7.58. The number of anilines is 1. The maximum absolute atomic E-state index is 12.3. The molecule has 2 aromatic rings. The topological polar surface area (TPSA) is 85.4 Å². The molecule has 0 saturated carbocycles. The van der Waals surface area contributed by atoms with Gasteiger partial charge in [0.05, 0.1) is 25.0 Å². The fraction of sp³-hybridized carbons (Fsp3) is 0.438. The van der Waals surface area contributed by atoms with E-state index in [0.717, 1.165) is 27.2 Å². The van der Waals surface area contributed by atoms with Gasteiger partial charge in [0.1, 0.15) is 5.75 Å². The van der Waals surface area contributed by atoms with Crippen LogP contribution < -0.4 is 15.4 Å². The van der Waals surface area contributed by atoms with Crippen LogP contribution in [0.1, 0.15) is 18.0 Å². The van der Waals surface area contributed by atoms with Gasteiger partial charge in [0.2, 0.25) is 11.0 Å². The van der Waals surface area contributed by atoms with E-state index in [2.05, 4.69) is 20.8 Å². The summed E-state index contributed by atoms with van der Waals surface area (Å²) in [6.45, 7) is 1.90. The van der Waals surface area contributed by atoms with Crippen LogP contribution in [0.3, 0.4) is 0 Å². The van der Waals surface area contributed by atoms with E-state index in [1.165, 1.54) is 23.1 Å². The number of amides is 1. The lowest BCUT2D eigenvalue weighted by Gasteiger charge is -2.26. The number of nitrogens with one attached hydrogen (secondary N) is 2. The minimum atomic E-state index is -0.0178. The standard InChI is InChI=1S/C16H20N4O3S2/c1-22-9-7-17-15-19-20-16(25-15)24-10-14(21)18-12-6-8-23-13-5-3-2-4-11(12)13/h2-5,12H,6-10H2,1H3,(H,17,19)(H,18,21)/t12-/m0/s1. The zero-order valence-electron chi connectivity index (χ0n) is 13.9. The lowest BCUT2D eigenvalue weighted by molar-refractivity contribution is -0.119. The quantitative estimate of drug-likeness (QED) is 0.537. The maximum Gasteiger partial charge on any atom is 0.230 e. The highest BCUT2D eigenvalue weighted by Crippen LogP contribution is 2.32. The molecule has 0 aliphatic carbocycles. The van der Waals surface area contributed by atoms with Crippen LogP contribution in [-0.2, 0) is 9.53 Å². The SMILES string of the molecule is COCCNc1nnc(SCC(=O)N[C@H]2CCOc3ccccc32)s1. The van der Waals surface area contributed by atoms with Crippen LogP contribution in [0.4, 0.5) is 5.13 Å². The molecule has 1 atom stereocenters. The molecule has 1 aliphatic heterocycles. The van der Waals surface area contributed by atoms with Crippen molar-refractivity contribution in [3.8, 4) is 5.75 Å². The Hall–Kier alpha value is -1.84. The second kappa shape index (κ2) is 9.02. The molecule has 9 heteroatoms. The van der Waals surface area contributed by atoms with Crippen LogP contribution in [0.2, 0.25) is 0 Å². The van der Waals surface area contributed by atoms with Crippen molar-refractivity contribution in [2.75, 3.05) is 37.9 Å². The van der Waals surface area contributed by atoms with E-state index in [4.69, 9.17) is 9.47 Å². The lowest BCUT2D eigenvalue weighted by Crippen LogP contribution is -2.33. The molecule has 0 saturated heterocycles. The number of fused-ring (bicyclic) bond motifs is 1. The van der Waals surface area contributed by atoms with Crippen molar-refractivity contribution >= 4 is 34.1 Å². The first kappa shape index (κ1) is 18.0. The molecule has 1 aromatic heterocycles. The first-order valence-corrected chi connectivity index (χ1v) is 9.76. The van der Waals surface area contributed by atoms with Crippen molar-refractivity contribution in [3.63, 3.8) is 0 Å². The number of hydrogen-bond donors (Lipinski definition) is 2. The summed E-state index contributed by atoms with van der Waals surface area (Å²) in [6, 6.07) is 7.82. The summed E-state index contributed by atoms with van der Waals surface area (Å²) in [5.74, 6) is 1.14. The van der Waals surface area contributed by atoms with Crippen molar-refractivity contribution in [1.29, 1.82) is 0 Å². The van der Waals surface area contributed by atoms with Crippen molar-refractivity contribution in [2.45, 2.75) is 16.8 Å². The Morgan fingerprint density at radius 2 is 2.32 bits per heavy atom. The third-order valence-corrected chi connectivity index (χ3v) is 5.62. The van der Waals surface area contributed by atoms with Gasteiger partial charge in [-0.3, -0.25) is 4.79 Å². The minimum absolute atomic E-state index is 0.00117. The minimum Gasteiger partial charge on any atom is -0.493 e. The number of ether oxygens (including phenoxy) is 2. The Kier molecular flexibility index (Phi) is 6.48. The lowest BCUT2D eigenvalue weighted by atomic mass is 10.0. The van der Waals surface area contributed by atoms with Crippen LogP contribution in [0, 0.1) is 0 Å². The van der Waals surface area contributed by atoms with Gasteiger partial charge in [-0.25, -0.2) is 0 Å². The van der Waals surface area contributed by atoms with Crippen LogP contribution in [0.25, 0.3) is 0 Å². The summed E-state index contributed by atoms with van der Waals surface area (Å²) in [4.78, 5) is 12.3. The molecule has 0 fully saturated rings. The molecule has 3 rings (SSSR count). The summed E-state index contributed by atoms with van der Waals surface area (Å²) >= 11 is 2.82. The van der Waals surface area contributed by atoms with Gasteiger partial charge in [0.15, 0.2) is 4.34 Å². The number of aromatic nitrogens is 2. The molecule has 0 radical (unpaired) electrons. The number of rotatable bonds is 8. The summed E-state index contributed by atoms with van der Waals surface area (Å²) in [5, 5.41) is 15.1. The van der Waals surface area contributed by atoms with Gasteiger partial charge in [-0.15, -0.1) is 10.2 Å². The molecule has 1 amide bonds. The zero-order valence-corrected chi connectivity index (χ0v) is 15.5. The highest BCUT2D eigenvalue weighted by molar-refractivity contribution is 8.01. The van der Waals surface area contributed by atoms with Gasteiger partial charge in [-0.2, -0.15) is 0 Å². The molecule has 0 bridgehead atoms. The largest absolute Gasteiger partial charge is 0.493 e. The van der Waals surface area contributed by atoms with Crippen molar-refractivity contribution in [1.82, 2.24) is 15.5 Å². The smallest absolute Gasteiger partial charge is 0.230 e. The van der Waals surface area contributed by atoms with E-state index in [1.54, 1.807) is 7.11 Å². The number of thioether (sulfide) groups is 1. The average Bonchev–Trinajstić information content (AvgIpc) is 3.08. The molecular formula is C16H20N4O3S2. The first-order valence-electron chi connectivity index (χ1n) is 7.96. The first-order chi connectivity index (χ1) is 12.3. The summed E-state index contributed by atoms with van der Waals surface area (Å²) in [6.07, 6.45) is 0.778. The Morgan fingerprint density at radius 3 is 3.20 bits per heavy atom. The van der Waals surface area contributed by atoms with Gasteiger partial charge >= 0.3 is 0 Å². The molecule has 0 unspecified atom stereocenters. The van der Waals surface area contributed by atoms with E-state index >= 15 is 0 Å². The van der Waals surface area contributed by atoms with Crippen LogP contribution in [0.5, 0.6) is 5.75 Å². The fourth-order valence-electron chi connectivity index (χ4n) is 2.45. The number of carbonyl (C=O) groups is 1. The third-order valence-electron chi connectivity index (χ3n) is 3.61. The highest BCUT2D eigenvalue weighted by Gasteiger charge is 2.22. The van der Waals surface area contributed by atoms with Crippen LogP contribution >= 0.6 is 23.1 Å². The van der Waals surface area contributed by atoms with Crippen LogP contribution in [-0.4, -0.2) is 48.7 Å². The van der Waals surface area contributed by atoms with Gasteiger partial charge < -0.3 is 20.1 Å². The highest BCUT2D eigenvalue weighted by atomic mass is 32.2. The average molecular weight is 380 g/mol. The number of benzene rings is 1. The zero-order chi connectivity index (χ0) is 17.5. The molecule has 25 heavy (non-hydrogen) atoms. The molecule has 134 valence electrons. The van der Waals surface area contributed by atoms with Crippen molar-refractivity contribution < 1.29 is 14.3 Å². The maximum atomic E-state index is 12.3. The molecule has 2 N–H and O–H groups in total. The number of methoxy groups -OCH3 is 1. The number of hydrogen-bond acceptors (Lipinski definition) is 8. The van der Waals surface area contributed by atoms with Gasteiger partial charge in [-0.05, 0) is 6.07 Å². The van der Waals surface area contributed by atoms with E-state index < -0.39 is 0 Å².